The van der Waals surface area contributed by atoms with E-state index in [4.69, 9.17) is 0 Å². The fourth-order valence-corrected chi connectivity index (χ4v) is 1.52. The second-order valence-corrected chi connectivity index (χ2v) is 3.81. The average molecular weight is 258 g/mol. The summed E-state index contributed by atoms with van der Waals surface area (Å²) in [6, 6.07) is 11.4. The van der Waals surface area contributed by atoms with Crippen LogP contribution in [0.4, 0.5) is 11.4 Å². The van der Waals surface area contributed by atoms with Crippen LogP contribution in [0.1, 0.15) is 10.4 Å². The molecule has 1 amide bonds. The van der Waals surface area contributed by atoms with Crippen LogP contribution in [-0.2, 0) is 0 Å². The molecule has 2 N–H and O–H groups in total. The number of nitrogens with zero attached hydrogens (tertiary/aromatic N) is 1. The van der Waals surface area contributed by atoms with E-state index in [1.807, 2.05) is 0 Å². The monoisotopic (exact) mass is 258 g/mol. The number of carbonyl (C=O) groups excluding carboxylic acids is 1. The molecule has 0 fully saturated rings. The lowest BCUT2D eigenvalue weighted by Gasteiger charge is -2.05. The van der Waals surface area contributed by atoms with Gasteiger partial charge in [-0.2, -0.15) is 0 Å². The Morgan fingerprint density at radius 1 is 1.16 bits per heavy atom. The normalized spacial score (nSPS) is 9.89. The number of carbonyl (C=O) groups is 1. The van der Waals surface area contributed by atoms with Gasteiger partial charge in [0.15, 0.2) is 0 Å². The molecule has 0 aliphatic carbocycles. The molecule has 96 valence electrons. The highest BCUT2D eigenvalue weighted by Crippen LogP contribution is 2.17. The van der Waals surface area contributed by atoms with E-state index in [2.05, 4.69) is 5.32 Å². The van der Waals surface area contributed by atoms with Crippen LogP contribution in [0.15, 0.2) is 48.5 Å². The number of rotatable bonds is 3. The largest absolute Gasteiger partial charge is 0.508 e. The van der Waals surface area contributed by atoms with E-state index in [-0.39, 0.29) is 11.4 Å². The Morgan fingerprint density at radius 3 is 2.42 bits per heavy atom. The number of anilines is 1. The maximum Gasteiger partial charge on any atom is 0.269 e. The summed E-state index contributed by atoms with van der Waals surface area (Å²) in [6.07, 6.45) is 0. The maximum absolute atomic E-state index is 11.8. The Kier molecular flexibility index (Phi) is 3.42. The van der Waals surface area contributed by atoms with E-state index in [0.717, 1.165) is 0 Å². The van der Waals surface area contributed by atoms with E-state index in [0.29, 0.717) is 11.3 Å². The van der Waals surface area contributed by atoms with Gasteiger partial charge in [0.05, 0.1) is 4.92 Å². The topological polar surface area (TPSA) is 92.5 Å². The molecule has 6 nitrogen and oxygen atoms in total. The number of non-ortho nitro benzene ring substituents is 1. The number of hydrogen-bond donors (Lipinski definition) is 2. The minimum Gasteiger partial charge on any atom is -0.508 e. The van der Waals surface area contributed by atoms with Crippen molar-refractivity contribution in [2.24, 2.45) is 0 Å². The van der Waals surface area contributed by atoms with Crippen molar-refractivity contribution in [2.75, 3.05) is 5.32 Å². The zero-order valence-electron chi connectivity index (χ0n) is 9.74. The van der Waals surface area contributed by atoms with Crippen LogP contribution in [0.2, 0.25) is 0 Å². The molecule has 0 atom stereocenters. The summed E-state index contributed by atoms with van der Waals surface area (Å²) in [5.74, 6) is -0.359. The summed E-state index contributed by atoms with van der Waals surface area (Å²) >= 11 is 0. The molecule has 0 aromatic heterocycles. The highest BCUT2D eigenvalue weighted by atomic mass is 16.6. The van der Waals surface area contributed by atoms with Crippen LogP contribution in [0, 0.1) is 10.1 Å². The highest BCUT2D eigenvalue weighted by molar-refractivity contribution is 6.04. The summed E-state index contributed by atoms with van der Waals surface area (Å²) in [5, 5.41) is 22.3. The van der Waals surface area contributed by atoms with E-state index in [1.165, 1.54) is 36.4 Å². The molecule has 2 aromatic carbocycles. The lowest BCUT2D eigenvalue weighted by Crippen LogP contribution is -2.11. The third-order valence-electron chi connectivity index (χ3n) is 2.44. The molecule has 19 heavy (non-hydrogen) atoms. The van der Waals surface area contributed by atoms with E-state index in [9.17, 15) is 20.0 Å². The number of phenols is 1. The Balaban J connectivity index is 2.14. The number of nitrogens with one attached hydrogen (secondary N) is 1. The van der Waals surface area contributed by atoms with Gasteiger partial charge in [-0.25, -0.2) is 0 Å². The van der Waals surface area contributed by atoms with Gasteiger partial charge in [0.1, 0.15) is 5.75 Å². The van der Waals surface area contributed by atoms with Crippen LogP contribution < -0.4 is 5.32 Å². The van der Waals surface area contributed by atoms with Crippen LogP contribution in [0.3, 0.4) is 0 Å². The summed E-state index contributed by atoms with van der Waals surface area (Å²) in [6.45, 7) is 0. The zero-order chi connectivity index (χ0) is 13.8. The summed E-state index contributed by atoms with van der Waals surface area (Å²) in [4.78, 5) is 21.8. The number of benzene rings is 2. The predicted octanol–water partition coefficient (Wildman–Crippen LogP) is 2.55. The van der Waals surface area contributed by atoms with Gasteiger partial charge in [-0.15, -0.1) is 0 Å². The lowest BCUT2D eigenvalue weighted by molar-refractivity contribution is -0.384. The van der Waals surface area contributed by atoms with Gasteiger partial charge in [0.2, 0.25) is 0 Å². The first-order chi connectivity index (χ1) is 9.06. The number of aromatic hydroxyl groups is 1. The molecule has 0 unspecified atom stereocenters. The first kappa shape index (κ1) is 12.6. The number of amides is 1. The molecule has 6 heteroatoms. The quantitative estimate of drug-likeness (QED) is 0.653. The second-order valence-electron chi connectivity index (χ2n) is 3.81. The molecule has 0 saturated carbocycles. The summed E-state index contributed by atoms with van der Waals surface area (Å²) in [7, 11) is 0. The average Bonchev–Trinajstić information content (AvgIpc) is 2.39. The minimum absolute atomic E-state index is 0.0431. The fraction of sp³-hybridized carbons (Fsp3) is 0. The SMILES string of the molecule is O=C(Nc1cccc(O)c1)c1ccc([N+](=O)[O-])cc1. The third kappa shape index (κ3) is 3.06. The Morgan fingerprint density at radius 2 is 1.84 bits per heavy atom. The van der Waals surface area contributed by atoms with Crippen molar-refractivity contribution < 1.29 is 14.8 Å². The lowest BCUT2D eigenvalue weighted by atomic mass is 10.2. The Hall–Kier alpha value is -2.89. The third-order valence-corrected chi connectivity index (χ3v) is 2.44. The molecule has 0 radical (unpaired) electrons. The van der Waals surface area contributed by atoms with Crippen molar-refractivity contribution in [1.82, 2.24) is 0 Å². The van der Waals surface area contributed by atoms with E-state index >= 15 is 0 Å². The number of nitro benzene ring substituents is 1. The molecule has 2 rings (SSSR count). The van der Waals surface area contributed by atoms with Crippen molar-refractivity contribution in [3.05, 3.63) is 64.2 Å². The van der Waals surface area contributed by atoms with Crippen molar-refractivity contribution in [3.63, 3.8) is 0 Å². The van der Waals surface area contributed by atoms with Gasteiger partial charge < -0.3 is 10.4 Å². The Labute approximate surface area is 108 Å². The summed E-state index contributed by atoms with van der Waals surface area (Å²) < 4.78 is 0. The first-order valence-corrected chi connectivity index (χ1v) is 5.41. The standard InChI is InChI=1S/C13H10N2O4/c16-12-3-1-2-10(8-12)14-13(17)9-4-6-11(7-5-9)15(18)19/h1-8,16H,(H,14,17). The molecule has 0 saturated heterocycles. The number of phenolic OH excluding ortho intramolecular Hbond substituents is 1. The molecule has 0 aliphatic heterocycles. The molecular formula is C13H10N2O4. The summed E-state index contributed by atoms with van der Waals surface area (Å²) in [5.41, 5.74) is 0.672. The Bertz CT molecular complexity index is 623. The molecule has 0 spiro atoms. The van der Waals surface area contributed by atoms with Gasteiger partial charge in [-0.05, 0) is 24.3 Å². The highest BCUT2D eigenvalue weighted by Gasteiger charge is 2.09. The molecule has 0 aliphatic rings. The van der Waals surface area contributed by atoms with E-state index < -0.39 is 10.8 Å². The van der Waals surface area contributed by atoms with Gasteiger partial charge in [0.25, 0.3) is 11.6 Å². The minimum atomic E-state index is -0.531. The van der Waals surface area contributed by atoms with Gasteiger partial charge in [-0.1, -0.05) is 6.07 Å². The molecule has 2 aromatic rings. The van der Waals surface area contributed by atoms with Crippen molar-refractivity contribution in [2.45, 2.75) is 0 Å². The van der Waals surface area contributed by atoms with Gasteiger partial charge >= 0.3 is 0 Å². The van der Waals surface area contributed by atoms with Crippen LogP contribution in [0.5, 0.6) is 5.75 Å². The van der Waals surface area contributed by atoms with Crippen molar-refractivity contribution >= 4 is 17.3 Å². The molecule has 0 bridgehead atoms. The van der Waals surface area contributed by atoms with E-state index in [1.54, 1.807) is 12.1 Å². The molecule has 0 heterocycles. The second kappa shape index (κ2) is 5.18. The van der Waals surface area contributed by atoms with Crippen LogP contribution in [-0.4, -0.2) is 15.9 Å². The zero-order valence-corrected chi connectivity index (χ0v) is 9.74. The van der Waals surface area contributed by atoms with Crippen molar-refractivity contribution in [3.8, 4) is 5.75 Å². The smallest absolute Gasteiger partial charge is 0.269 e. The van der Waals surface area contributed by atoms with Gasteiger partial charge in [-0.3, -0.25) is 14.9 Å². The molecular weight excluding hydrogens is 248 g/mol. The van der Waals surface area contributed by atoms with Crippen molar-refractivity contribution in [1.29, 1.82) is 0 Å². The predicted molar refractivity (Wildman–Crippen MR) is 69.2 cm³/mol. The fourth-order valence-electron chi connectivity index (χ4n) is 1.52. The van der Waals surface area contributed by atoms with Gasteiger partial charge in [0, 0.05) is 29.4 Å². The first-order valence-electron chi connectivity index (χ1n) is 5.41. The number of hydrogen-bond acceptors (Lipinski definition) is 4. The van der Waals surface area contributed by atoms with Crippen LogP contribution in [0.25, 0.3) is 0 Å². The van der Waals surface area contributed by atoms with Crippen LogP contribution >= 0.6 is 0 Å². The maximum atomic E-state index is 11.8. The number of nitro groups is 1.